The first-order valence-electron chi connectivity index (χ1n) is 3.30. The quantitative estimate of drug-likeness (QED) is 0.585. The second-order valence-electron chi connectivity index (χ2n) is 2.38. The van der Waals surface area contributed by atoms with Gasteiger partial charge < -0.3 is 0 Å². The fourth-order valence-corrected chi connectivity index (χ4v) is 1.36. The van der Waals surface area contributed by atoms with Gasteiger partial charge in [0.1, 0.15) is 17.0 Å². The third-order valence-corrected chi connectivity index (χ3v) is 1.88. The molecule has 0 N–H and O–H groups in total. The van der Waals surface area contributed by atoms with Crippen molar-refractivity contribution in [3.8, 4) is 0 Å². The van der Waals surface area contributed by atoms with Crippen LogP contribution in [0.5, 0.6) is 0 Å². The zero-order chi connectivity index (χ0) is 7.84. The van der Waals surface area contributed by atoms with Crippen molar-refractivity contribution in [2.45, 2.75) is 6.92 Å². The summed E-state index contributed by atoms with van der Waals surface area (Å²) in [5.41, 5.74) is 1.91. The van der Waals surface area contributed by atoms with Crippen molar-refractivity contribution >= 4 is 17.2 Å². The summed E-state index contributed by atoms with van der Waals surface area (Å²) in [6, 6.07) is 5.83. The number of halogens is 1. The van der Waals surface area contributed by atoms with Crippen LogP contribution in [-0.2, 0) is 0 Å². The Morgan fingerprint density at radius 1 is 1.55 bits per heavy atom. The van der Waals surface area contributed by atoms with E-state index in [1.807, 2.05) is 29.5 Å². The van der Waals surface area contributed by atoms with E-state index in [1.165, 1.54) is 0 Å². The van der Waals surface area contributed by atoms with Crippen molar-refractivity contribution < 1.29 is 0 Å². The number of hydrogen-bond donors (Lipinski definition) is 0. The van der Waals surface area contributed by atoms with Crippen molar-refractivity contribution in [2.75, 3.05) is 0 Å². The predicted molar refractivity (Wildman–Crippen MR) is 43.8 cm³/mol. The molecule has 0 saturated carbocycles. The van der Waals surface area contributed by atoms with Gasteiger partial charge in [-0.25, -0.2) is 4.98 Å². The first-order chi connectivity index (χ1) is 5.29. The molecule has 3 heteroatoms. The molecule has 0 bridgehead atoms. The molecule has 0 aliphatic rings. The highest BCUT2D eigenvalue weighted by Crippen LogP contribution is 2.13. The van der Waals surface area contributed by atoms with E-state index in [1.54, 1.807) is 0 Å². The van der Waals surface area contributed by atoms with E-state index < -0.39 is 0 Å². The monoisotopic (exact) mass is 165 g/mol. The molecule has 0 unspecified atom stereocenters. The Hall–Kier alpha value is -1.02. The van der Waals surface area contributed by atoms with Crippen LogP contribution in [0.3, 0.4) is 0 Å². The highest BCUT2D eigenvalue weighted by Gasteiger charge is 2.00. The molecule has 2 nitrogen and oxygen atoms in total. The minimum Gasteiger partial charge on any atom is -0.287 e. The maximum absolute atomic E-state index is 5.82. The average molecular weight is 166 g/mol. The standard InChI is InChI=1S/C8H6ClN2/c1-6-3-2-4-8-10-5-7(9)11(6)8/h2-4H,1H3. The third-order valence-electron chi connectivity index (χ3n) is 1.62. The molecule has 55 valence electrons. The summed E-state index contributed by atoms with van der Waals surface area (Å²) in [4.78, 5) is 3.99. The summed E-state index contributed by atoms with van der Waals surface area (Å²) in [5, 5.41) is 0.540. The molecule has 0 amide bonds. The van der Waals surface area contributed by atoms with Crippen LogP contribution in [0, 0.1) is 13.1 Å². The SMILES string of the molecule is Cc1cccc2n[c]c(Cl)n12. The van der Waals surface area contributed by atoms with Crippen molar-refractivity contribution in [1.82, 2.24) is 9.38 Å². The third kappa shape index (κ3) is 0.906. The molecule has 0 fully saturated rings. The lowest BCUT2D eigenvalue weighted by Gasteiger charge is -1.98. The van der Waals surface area contributed by atoms with Gasteiger partial charge in [-0.1, -0.05) is 17.7 Å². The Morgan fingerprint density at radius 2 is 2.36 bits per heavy atom. The van der Waals surface area contributed by atoms with Crippen molar-refractivity contribution in [3.63, 3.8) is 0 Å². The van der Waals surface area contributed by atoms with Crippen LogP contribution in [0.2, 0.25) is 5.15 Å². The summed E-state index contributed by atoms with van der Waals surface area (Å²) in [6.45, 7) is 1.98. The van der Waals surface area contributed by atoms with Crippen molar-refractivity contribution in [2.24, 2.45) is 0 Å². The Morgan fingerprint density at radius 3 is 3.09 bits per heavy atom. The smallest absolute Gasteiger partial charge is 0.143 e. The van der Waals surface area contributed by atoms with Crippen molar-refractivity contribution in [1.29, 1.82) is 0 Å². The summed E-state index contributed by atoms with van der Waals surface area (Å²) in [6.07, 6.45) is 2.70. The number of imidazole rings is 1. The van der Waals surface area contributed by atoms with Gasteiger partial charge in [0, 0.05) is 5.69 Å². The molecule has 0 aromatic carbocycles. The highest BCUT2D eigenvalue weighted by atomic mass is 35.5. The van der Waals surface area contributed by atoms with Gasteiger partial charge in [-0.2, -0.15) is 0 Å². The van der Waals surface area contributed by atoms with E-state index in [0.717, 1.165) is 11.3 Å². The van der Waals surface area contributed by atoms with E-state index in [2.05, 4.69) is 11.2 Å². The Bertz CT molecular complexity index is 392. The molecule has 2 rings (SSSR count). The second kappa shape index (κ2) is 2.24. The van der Waals surface area contributed by atoms with Gasteiger partial charge in [-0.05, 0) is 19.1 Å². The molecule has 1 radical (unpaired) electrons. The molecule has 11 heavy (non-hydrogen) atoms. The van der Waals surface area contributed by atoms with Gasteiger partial charge >= 0.3 is 0 Å². The van der Waals surface area contributed by atoms with Gasteiger partial charge in [-0.15, -0.1) is 0 Å². The summed E-state index contributed by atoms with van der Waals surface area (Å²) < 4.78 is 1.85. The van der Waals surface area contributed by atoms with Gasteiger partial charge in [0.15, 0.2) is 0 Å². The van der Waals surface area contributed by atoms with Gasteiger partial charge in [-0.3, -0.25) is 4.40 Å². The molecular weight excluding hydrogens is 160 g/mol. The first kappa shape index (κ1) is 6.68. The van der Waals surface area contributed by atoms with E-state index >= 15 is 0 Å². The molecule has 2 aromatic rings. The van der Waals surface area contributed by atoms with Gasteiger partial charge in [0.25, 0.3) is 0 Å². The topological polar surface area (TPSA) is 17.3 Å². The fraction of sp³-hybridized carbons (Fsp3) is 0.125. The molecule has 0 saturated heterocycles. The maximum Gasteiger partial charge on any atom is 0.143 e. The van der Waals surface area contributed by atoms with Crippen LogP contribution in [0.15, 0.2) is 18.2 Å². The molecular formula is C8H6ClN2. The van der Waals surface area contributed by atoms with Crippen LogP contribution in [0.25, 0.3) is 5.65 Å². The van der Waals surface area contributed by atoms with Crippen LogP contribution >= 0.6 is 11.6 Å². The number of fused-ring (bicyclic) bond motifs is 1. The van der Waals surface area contributed by atoms with Crippen LogP contribution in [-0.4, -0.2) is 9.38 Å². The number of rotatable bonds is 0. The first-order valence-corrected chi connectivity index (χ1v) is 3.68. The lowest BCUT2D eigenvalue weighted by Crippen LogP contribution is -1.88. The highest BCUT2D eigenvalue weighted by molar-refractivity contribution is 6.29. The molecule has 0 aliphatic carbocycles. The van der Waals surface area contributed by atoms with E-state index in [0.29, 0.717) is 5.15 Å². The number of aryl methyl sites for hydroxylation is 1. The minimum atomic E-state index is 0.540. The predicted octanol–water partition coefficient (Wildman–Crippen LogP) is 2.10. The molecule has 0 spiro atoms. The summed E-state index contributed by atoms with van der Waals surface area (Å²) in [7, 11) is 0. The number of nitrogens with zero attached hydrogens (tertiary/aromatic N) is 2. The Labute approximate surface area is 69.4 Å². The zero-order valence-corrected chi connectivity index (χ0v) is 6.76. The molecule has 0 aliphatic heterocycles. The van der Waals surface area contributed by atoms with Gasteiger partial charge in [0.2, 0.25) is 0 Å². The van der Waals surface area contributed by atoms with Crippen LogP contribution < -0.4 is 0 Å². The minimum absolute atomic E-state index is 0.540. The maximum atomic E-state index is 5.82. The lowest BCUT2D eigenvalue weighted by atomic mass is 10.4. The number of pyridine rings is 1. The zero-order valence-electron chi connectivity index (χ0n) is 6.00. The molecule has 0 atom stereocenters. The molecule has 2 heterocycles. The van der Waals surface area contributed by atoms with Gasteiger partial charge in [0.05, 0.1) is 0 Å². The average Bonchev–Trinajstić information content (AvgIpc) is 2.34. The van der Waals surface area contributed by atoms with Crippen LogP contribution in [0.4, 0.5) is 0 Å². The Balaban J connectivity index is 2.96. The van der Waals surface area contributed by atoms with E-state index in [-0.39, 0.29) is 0 Å². The number of hydrogen-bond acceptors (Lipinski definition) is 1. The second-order valence-corrected chi connectivity index (χ2v) is 2.73. The molecule has 2 aromatic heterocycles. The van der Waals surface area contributed by atoms with Crippen LogP contribution in [0.1, 0.15) is 5.69 Å². The van der Waals surface area contributed by atoms with Crippen molar-refractivity contribution in [3.05, 3.63) is 35.2 Å². The lowest BCUT2D eigenvalue weighted by molar-refractivity contribution is 1.09. The normalized spacial score (nSPS) is 10.7. The summed E-state index contributed by atoms with van der Waals surface area (Å²) in [5.74, 6) is 0. The van der Waals surface area contributed by atoms with E-state index in [4.69, 9.17) is 11.6 Å². The van der Waals surface area contributed by atoms with E-state index in [9.17, 15) is 0 Å². The number of aromatic nitrogens is 2. The Kier molecular flexibility index (Phi) is 1.36. The largest absolute Gasteiger partial charge is 0.287 e. The fourth-order valence-electron chi connectivity index (χ4n) is 1.10. The summed E-state index contributed by atoms with van der Waals surface area (Å²) >= 11 is 5.82.